The molecule has 9 heteroatoms. The number of hydrogen-bond acceptors (Lipinski definition) is 5. The zero-order chi connectivity index (χ0) is 18.4. The van der Waals surface area contributed by atoms with Gasteiger partial charge in [0.2, 0.25) is 0 Å². The summed E-state index contributed by atoms with van der Waals surface area (Å²) in [6.07, 6.45) is 3.50. The number of halogens is 1. The first-order valence-electron chi connectivity index (χ1n) is 8.75. The Morgan fingerprint density at radius 1 is 1.31 bits per heavy atom. The average molecular weight is 495 g/mol. The van der Waals surface area contributed by atoms with Crippen molar-refractivity contribution in [2.45, 2.75) is 46.1 Å². The van der Waals surface area contributed by atoms with Gasteiger partial charge >= 0.3 is 6.09 Å². The van der Waals surface area contributed by atoms with E-state index < -0.39 is 5.60 Å². The highest BCUT2D eigenvalue weighted by atomic mass is 127. The van der Waals surface area contributed by atoms with Gasteiger partial charge in [0, 0.05) is 50.2 Å². The predicted molar refractivity (Wildman–Crippen MR) is 116 cm³/mol. The smallest absolute Gasteiger partial charge is 0.410 e. The number of piperazine rings is 1. The Kier molecular flexibility index (Phi) is 9.08. The lowest BCUT2D eigenvalue weighted by atomic mass is 10.2. The van der Waals surface area contributed by atoms with Gasteiger partial charge in [-0.1, -0.05) is 6.92 Å². The first-order chi connectivity index (χ1) is 11.8. The summed E-state index contributed by atoms with van der Waals surface area (Å²) in [7, 11) is 0. The SMILES string of the molecule is CCc1cnc(CCN=C(N)N2CCN(C(=O)OC(C)(C)C)CC2)s1.I. The second-order valence-electron chi connectivity index (χ2n) is 7.02. The minimum Gasteiger partial charge on any atom is -0.444 e. The van der Waals surface area contributed by atoms with Crippen LogP contribution >= 0.6 is 35.3 Å². The van der Waals surface area contributed by atoms with E-state index in [1.54, 1.807) is 16.2 Å². The van der Waals surface area contributed by atoms with Gasteiger partial charge in [-0.05, 0) is 27.2 Å². The molecule has 2 N–H and O–H groups in total. The van der Waals surface area contributed by atoms with Crippen LogP contribution in [0.2, 0.25) is 0 Å². The van der Waals surface area contributed by atoms with Crippen LogP contribution < -0.4 is 5.73 Å². The lowest BCUT2D eigenvalue weighted by Crippen LogP contribution is -2.53. The maximum absolute atomic E-state index is 12.1. The van der Waals surface area contributed by atoms with Gasteiger partial charge in [0.15, 0.2) is 5.96 Å². The summed E-state index contributed by atoms with van der Waals surface area (Å²) < 4.78 is 5.40. The van der Waals surface area contributed by atoms with Crippen molar-refractivity contribution in [2.24, 2.45) is 10.7 Å². The molecule has 0 spiro atoms. The molecule has 2 rings (SSSR count). The van der Waals surface area contributed by atoms with E-state index in [9.17, 15) is 4.79 Å². The van der Waals surface area contributed by atoms with Crippen molar-refractivity contribution in [1.82, 2.24) is 14.8 Å². The first-order valence-corrected chi connectivity index (χ1v) is 9.56. The fraction of sp³-hybridized carbons (Fsp3) is 0.706. The number of thiazole rings is 1. The number of aryl methyl sites for hydroxylation is 1. The summed E-state index contributed by atoms with van der Waals surface area (Å²) in [6, 6.07) is 0. The van der Waals surface area contributed by atoms with Crippen LogP contribution in [0, 0.1) is 0 Å². The van der Waals surface area contributed by atoms with Crippen LogP contribution in [0.5, 0.6) is 0 Å². The average Bonchev–Trinajstić information content (AvgIpc) is 3.01. The largest absolute Gasteiger partial charge is 0.444 e. The van der Waals surface area contributed by atoms with E-state index >= 15 is 0 Å². The van der Waals surface area contributed by atoms with Crippen molar-refractivity contribution < 1.29 is 9.53 Å². The number of aliphatic imine (C=N–C) groups is 1. The van der Waals surface area contributed by atoms with Crippen LogP contribution in [0.15, 0.2) is 11.2 Å². The van der Waals surface area contributed by atoms with Crippen LogP contribution in [0.1, 0.15) is 37.6 Å². The Labute approximate surface area is 177 Å². The molecule has 148 valence electrons. The summed E-state index contributed by atoms with van der Waals surface area (Å²) in [5.41, 5.74) is 5.62. The number of nitrogens with zero attached hydrogens (tertiary/aromatic N) is 4. The summed E-state index contributed by atoms with van der Waals surface area (Å²) in [6.45, 7) is 10.9. The van der Waals surface area contributed by atoms with E-state index in [-0.39, 0.29) is 30.1 Å². The zero-order valence-electron chi connectivity index (χ0n) is 16.0. The fourth-order valence-corrected chi connectivity index (χ4v) is 3.29. The molecular formula is C17H30IN5O2S. The molecule has 0 aromatic carbocycles. The highest BCUT2D eigenvalue weighted by Crippen LogP contribution is 2.14. The van der Waals surface area contributed by atoms with Crippen molar-refractivity contribution in [3.05, 3.63) is 16.1 Å². The number of ether oxygens (including phenoxy) is 1. The second-order valence-corrected chi connectivity index (χ2v) is 8.22. The number of guanidine groups is 1. The molecule has 0 radical (unpaired) electrons. The molecule has 1 aliphatic rings. The normalized spacial score (nSPS) is 15.6. The van der Waals surface area contributed by atoms with Crippen LogP contribution in [0.3, 0.4) is 0 Å². The molecule has 1 fully saturated rings. The fourth-order valence-electron chi connectivity index (χ4n) is 2.44. The molecule has 0 atom stereocenters. The van der Waals surface area contributed by atoms with Crippen LogP contribution in [-0.2, 0) is 17.6 Å². The minimum absolute atomic E-state index is 0. The predicted octanol–water partition coefficient (Wildman–Crippen LogP) is 2.73. The molecule has 7 nitrogen and oxygen atoms in total. The zero-order valence-corrected chi connectivity index (χ0v) is 19.2. The van der Waals surface area contributed by atoms with Gasteiger partial charge in [-0.25, -0.2) is 9.78 Å². The molecule has 1 saturated heterocycles. The number of carbonyl (C=O) groups is 1. The van der Waals surface area contributed by atoms with Crippen molar-refractivity contribution in [1.29, 1.82) is 0 Å². The number of rotatable bonds is 4. The molecule has 2 heterocycles. The standard InChI is InChI=1S/C17H29N5O2S.HI/c1-5-13-12-20-14(25-13)6-7-19-15(18)21-8-10-22(11-9-21)16(23)24-17(2,3)4;/h12H,5-11H2,1-4H3,(H2,18,19);1H. The lowest BCUT2D eigenvalue weighted by Gasteiger charge is -2.36. The summed E-state index contributed by atoms with van der Waals surface area (Å²) >= 11 is 1.74. The Morgan fingerprint density at radius 3 is 2.46 bits per heavy atom. The minimum atomic E-state index is -0.470. The van der Waals surface area contributed by atoms with Crippen molar-refractivity contribution in [2.75, 3.05) is 32.7 Å². The number of nitrogens with two attached hydrogens (primary N) is 1. The quantitative estimate of drug-likeness (QED) is 0.395. The van der Waals surface area contributed by atoms with Gasteiger partial charge in [0.25, 0.3) is 0 Å². The lowest BCUT2D eigenvalue weighted by molar-refractivity contribution is 0.0186. The number of hydrogen-bond donors (Lipinski definition) is 1. The van der Waals surface area contributed by atoms with Gasteiger partial charge < -0.3 is 20.3 Å². The third-order valence-electron chi connectivity index (χ3n) is 3.80. The molecule has 0 aliphatic carbocycles. The van der Waals surface area contributed by atoms with Crippen molar-refractivity contribution in [3.63, 3.8) is 0 Å². The maximum atomic E-state index is 12.1. The van der Waals surface area contributed by atoms with Crippen molar-refractivity contribution >= 4 is 47.4 Å². The number of aromatic nitrogens is 1. The van der Waals surface area contributed by atoms with Gasteiger partial charge in [-0.3, -0.25) is 4.99 Å². The van der Waals surface area contributed by atoms with Gasteiger partial charge in [0.1, 0.15) is 5.60 Å². The van der Waals surface area contributed by atoms with E-state index in [0.29, 0.717) is 38.7 Å². The summed E-state index contributed by atoms with van der Waals surface area (Å²) in [5.74, 6) is 0.538. The molecule has 0 bridgehead atoms. The van der Waals surface area contributed by atoms with E-state index in [2.05, 4.69) is 16.9 Å². The molecule has 0 unspecified atom stereocenters. The summed E-state index contributed by atoms with van der Waals surface area (Å²) in [4.78, 5) is 25.9. The molecule has 26 heavy (non-hydrogen) atoms. The highest BCUT2D eigenvalue weighted by molar-refractivity contribution is 14.0. The van der Waals surface area contributed by atoms with Gasteiger partial charge in [-0.15, -0.1) is 35.3 Å². The second kappa shape index (κ2) is 10.3. The topological polar surface area (TPSA) is 84.0 Å². The Bertz CT molecular complexity index is 607. The molecule has 1 amide bonds. The van der Waals surface area contributed by atoms with Crippen LogP contribution in [0.25, 0.3) is 0 Å². The molecule has 1 aromatic rings. The highest BCUT2D eigenvalue weighted by Gasteiger charge is 2.26. The Balaban J connectivity index is 0.00000338. The Hall–Kier alpha value is -1.10. The first kappa shape index (κ1) is 22.9. The molecular weight excluding hydrogens is 465 g/mol. The van der Waals surface area contributed by atoms with Crippen LogP contribution in [0.4, 0.5) is 4.79 Å². The van der Waals surface area contributed by atoms with E-state index in [1.165, 1.54) is 4.88 Å². The third kappa shape index (κ3) is 7.26. The van der Waals surface area contributed by atoms with E-state index in [1.807, 2.05) is 31.9 Å². The number of carbonyl (C=O) groups excluding carboxylic acids is 1. The Morgan fingerprint density at radius 2 is 1.92 bits per heavy atom. The molecule has 0 saturated carbocycles. The van der Waals surface area contributed by atoms with Gasteiger partial charge in [0.05, 0.1) is 5.01 Å². The maximum Gasteiger partial charge on any atom is 0.410 e. The number of amides is 1. The van der Waals surface area contributed by atoms with E-state index in [0.717, 1.165) is 17.8 Å². The van der Waals surface area contributed by atoms with Crippen LogP contribution in [-0.4, -0.2) is 65.2 Å². The summed E-state index contributed by atoms with van der Waals surface area (Å²) in [5, 5.41) is 1.10. The monoisotopic (exact) mass is 495 g/mol. The van der Waals surface area contributed by atoms with E-state index in [4.69, 9.17) is 10.5 Å². The van der Waals surface area contributed by atoms with Gasteiger partial charge in [-0.2, -0.15) is 0 Å². The molecule has 1 aliphatic heterocycles. The van der Waals surface area contributed by atoms with Crippen molar-refractivity contribution in [3.8, 4) is 0 Å². The third-order valence-corrected chi connectivity index (χ3v) is 5.01. The molecule has 1 aromatic heterocycles.